The normalized spacial score (nSPS) is 16.6. The number of thiazole rings is 1. The quantitative estimate of drug-likeness (QED) is 0.194. The number of hydrogen-bond acceptors (Lipinski definition) is 4. The average molecular weight is 634 g/mol. The number of aromatic nitrogens is 2. The zero-order valence-electron chi connectivity index (χ0n) is 25.7. The van der Waals surface area contributed by atoms with Crippen molar-refractivity contribution in [2.24, 2.45) is 0 Å². The van der Waals surface area contributed by atoms with Gasteiger partial charge in [0.1, 0.15) is 11.2 Å². The molecular formula is C43H27N3OS. The highest BCUT2D eigenvalue weighted by atomic mass is 32.1. The van der Waals surface area contributed by atoms with Gasteiger partial charge in [-0.05, 0) is 47.5 Å². The summed E-state index contributed by atoms with van der Waals surface area (Å²) in [5, 5.41) is 4.54. The van der Waals surface area contributed by atoms with Crippen LogP contribution < -0.4 is 4.90 Å². The van der Waals surface area contributed by atoms with Crippen molar-refractivity contribution in [2.45, 2.75) is 12.0 Å². The van der Waals surface area contributed by atoms with Crippen molar-refractivity contribution >= 4 is 71.3 Å². The van der Waals surface area contributed by atoms with Gasteiger partial charge in [0.25, 0.3) is 0 Å². The highest BCUT2D eigenvalue weighted by Crippen LogP contribution is 2.55. The van der Waals surface area contributed by atoms with E-state index in [0.717, 1.165) is 48.4 Å². The molecule has 2 unspecified atom stereocenters. The summed E-state index contributed by atoms with van der Waals surface area (Å²) in [6.45, 7) is 0. The van der Waals surface area contributed by atoms with Gasteiger partial charge in [-0.2, -0.15) is 0 Å². The average Bonchev–Trinajstić information content (AvgIpc) is 3.90. The van der Waals surface area contributed by atoms with Gasteiger partial charge >= 0.3 is 0 Å². The number of hydrogen-bond donors (Lipinski definition) is 0. The summed E-state index contributed by atoms with van der Waals surface area (Å²) in [7, 11) is 0. The van der Waals surface area contributed by atoms with Crippen LogP contribution in [0.2, 0.25) is 0 Å². The molecule has 0 radical (unpaired) electrons. The summed E-state index contributed by atoms with van der Waals surface area (Å²) >= 11 is 1.77. The molecule has 9 aromatic rings. The Hall–Kier alpha value is -5.91. The van der Waals surface area contributed by atoms with Crippen LogP contribution in [0.4, 0.5) is 10.8 Å². The Morgan fingerprint density at radius 3 is 2.31 bits per heavy atom. The Morgan fingerprint density at radius 2 is 1.44 bits per heavy atom. The third-order valence-corrected chi connectivity index (χ3v) is 11.3. The van der Waals surface area contributed by atoms with E-state index < -0.39 is 0 Å². The lowest BCUT2D eigenvalue weighted by molar-refractivity contribution is 0.670. The Morgan fingerprint density at radius 1 is 0.708 bits per heavy atom. The molecule has 48 heavy (non-hydrogen) atoms. The number of benzene rings is 6. The van der Waals surface area contributed by atoms with E-state index in [1.165, 1.54) is 39.1 Å². The smallest absolute Gasteiger partial charge is 0.191 e. The monoisotopic (exact) mass is 633 g/mol. The molecule has 5 heteroatoms. The van der Waals surface area contributed by atoms with E-state index in [2.05, 4.69) is 155 Å². The van der Waals surface area contributed by atoms with Crippen molar-refractivity contribution in [3.63, 3.8) is 0 Å². The second-order valence-electron chi connectivity index (χ2n) is 12.7. The van der Waals surface area contributed by atoms with Crippen molar-refractivity contribution in [2.75, 3.05) is 4.90 Å². The summed E-state index contributed by atoms with van der Waals surface area (Å²) in [6.07, 6.45) is 4.75. The van der Waals surface area contributed by atoms with E-state index in [1.807, 2.05) is 6.07 Å². The Bertz CT molecular complexity index is 2750. The molecule has 6 aromatic carbocycles. The molecule has 3 aromatic heterocycles. The van der Waals surface area contributed by atoms with E-state index >= 15 is 0 Å². The zero-order chi connectivity index (χ0) is 31.3. The van der Waals surface area contributed by atoms with Gasteiger partial charge in [0.05, 0.1) is 27.7 Å². The first-order chi connectivity index (χ1) is 23.8. The molecule has 4 heterocycles. The van der Waals surface area contributed by atoms with E-state index in [4.69, 9.17) is 9.40 Å². The fourth-order valence-electron chi connectivity index (χ4n) is 8.21. The van der Waals surface area contributed by atoms with E-state index in [9.17, 15) is 0 Å². The third-order valence-electron chi connectivity index (χ3n) is 10.2. The molecule has 1 aliphatic carbocycles. The van der Waals surface area contributed by atoms with Gasteiger partial charge in [-0.25, -0.2) is 4.98 Å². The van der Waals surface area contributed by atoms with Gasteiger partial charge in [0.15, 0.2) is 5.13 Å². The second-order valence-corrected chi connectivity index (χ2v) is 13.7. The molecule has 0 bridgehead atoms. The van der Waals surface area contributed by atoms with Crippen LogP contribution in [0.15, 0.2) is 150 Å². The summed E-state index contributed by atoms with van der Waals surface area (Å²) in [5.41, 5.74) is 12.6. The number of fused-ring (bicyclic) bond motifs is 12. The minimum Gasteiger partial charge on any atom is -0.455 e. The van der Waals surface area contributed by atoms with E-state index in [-0.39, 0.29) is 12.0 Å². The van der Waals surface area contributed by atoms with Crippen molar-refractivity contribution in [3.8, 4) is 16.8 Å². The first-order valence-electron chi connectivity index (χ1n) is 16.4. The zero-order valence-corrected chi connectivity index (χ0v) is 26.6. The molecule has 0 spiro atoms. The number of furan rings is 1. The lowest BCUT2D eigenvalue weighted by Crippen LogP contribution is -2.31. The van der Waals surface area contributed by atoms with Gasteiger partial charge in [-0.15, -0.1) is 0 Å². The largest absolute Gasteiger partial charge is 0.455 e. The van der Waals surface area contributed by atoms with Crippen LogP contribution in [0.3, 0.4) is 0 Å². The van der Waals surface area contributed by atoms with Gasteiger partial charge < -0.3 is 13.9 Å². The predicted octanol–water partition coefficient (Wildman–Crippen LogP) is 11.5. The fraction of sp³-hybridized carbons (Fsp3) is 0.0465. The Balaban J connectivity index is 1.16. The topological polar surface area (TPSA) is 34.2 Å². The first kappa shape index (κ1) is 26.2. The molecule has 4 nitrogen and oxygen atoms in total. The lowest BCUT2D eigenvalue weighted by atomic mass is 9.85. The second kappa shape index (κ2) is 9.80. The van der Waals surface area contributed by atoms with Crippen molar-refractivity contribution in [1.29, 1.82) is 0 Å². The van der Waals surface area contributed by atoms with Crippen LogP contribution in [0.5, 0.6) is 0 Å². The van der Waals surface area contributed by atoms with Gasteiger partial charge in [0.2, 0.25) is 0 Å². The molecule has 1 aliphatic heterocycles. The molecule has 2 atom stereocenters. The summed E-state index contributed by atoms with van der Waals surface area (Å²) in [5.74, 6) is 0.135. The minimum atomic E-state index is 0.0763. The molecule has 226 valence electrons. The molecule has 0 saturated heterocycles. The van der Waals surface area contributed by atoms with E-state index in [1.54, 1.807) is 11.3 Å². The van der Waals surface area contributed by atoms with Crippen LogP contribution in [-0.4, -0.2) is 15.6 Å². The van der Waals surface area contributed by atoms with Crippen LogP contribution >= 0.6 is 11.3 Å². The maximum Gasteiger partial charge on any atom is 0.191 e. The lowest BCUT2D eigenvalue weighted by Gasteiger charge is -2.30. The van der Waals surface area contributed by atoms with Gasteiger partial charge in [0, 0.05) is 44.4 Å². The summed E-state index contributed by atoms with van der Waals surface area (Å²) in [6, 6.07) is 49.7. The third kappa shape index (κ3) is 3.51. The highest BCUT2D eigenvalue weighted by molar-refractivity contribution is 7.23. The molecule has 0 fully saturated rings. The number of nitrogens with zero attached hydrogens (tertiary/aromatic N) is 3. The molecule has 0 N–H and O–H groups in total. The van der Waals surface area contributed by atoms with Gasteiger partial charge in [-0.1, -0.05) is 127 Å². The Labute approximate surface area is 280 Å². The van der Waals surface area contributed by atoms with E-state index in [0.29, 0.717) is 0 Å². The summed E-state index contributed by atoms with van der Waals surface area (Å²) < 4.78 is 10.2. The van der Waals surface area contributed by atoms with Crippen LogP contribution in [0, 0.1) is 0 Å². The predicted molar refractivity (Wildman–Crippen MR) is 199 cm³/mol. The van der Waals surface area contributed by atoms with Crippen molar-refractivity contribution < 1.29 is 4.42 Å². The van der Waals surface area contributed by atoms with Crippen LogP contribution in [0.1, 0.15) is 22.7 Å². The number of para-hydroxylation sites is 4. The highest BCUT2D eigenvalue weighted by Gasteiger charge is 2.44. The summed E-state index contributed by atoms with van der Waals surface area (Å²) in [4.78, 5) is 7.93. The Kier molecular flexibility index (Phi) is 5.35. The van der Waals surface area contributed by atoms with Crippen LogP contribution in [0.25, 0.3) is 65.9 Å². The first-order valence-corrected chi connectivity index (χ1v) is 17.2. The van der Waals surface area contributed by atoms with Crippen molar-refractivity contribution in [3.05, 3.63) is 162 Å². The fourth-order valence-corrected chi connectivity index (χ4v) is 9.37. The van der Waals surface area contributed by atoms with Crippen molar-refractivity contribution in [1.82, 2.24) is 9.55 Å². The SMILES string of the molecule is C1=CC2C(c3ccccc3N2c2nc3cc(-c4ccccc4)c4oc5ccccc5c4c3s2)c2c1c1ccccc1n2-c1ccccc1. The number of anilines is 2. The standard InChI is InChI=1S/C43H27N3OS/c1-3-13-26(14-4-1)32-25-33-42(39-31-19-9-12-22-37(31)47-41(32)39)48-43(44-33)46-35-21-11-8-18-30(35)38-36(46)24-23-29-28-17-7-10-20-34(28)45(40(29)38)27-15-5-2-6-16-27/h1-25,36,38H. The van der Waals surface area contributed by atoms with Crippen LogP contribution in [-0.2, 0) is 0 Å². The molecule has 0 amide bonds. The molecule has 0 saturated carbocycles. The molecular weight excluding hydrogens is 607 g/mol. The maximum absolute atomic E-state index is 6.60. The molecule has 2 aliphatic rings. The maximum atomic E-state index is 6.60. The minimum absolute atomic E-state index is 0.0763. The molecule has 11 rings (SSSR count). The number of rotatable bonds is 3. The van der Waals surface area contributed by atoms with Gasteiger partial charge in [-0.3, -0.25) is 0 Å².